The Morgan fingerprint density at radius 2 is 2.09 bits per heavy atom. The molecule has 0 fully saturated rings. The molecule has 1 aromatic heterocycles. The zero-order chi connectivity index (χ0) is 15.9. The lowest BCUT2D eigenvalue weighted by Gasteiger charge is -2.08. The van der Waals surface area contributed by atoms with Gasteiger partial charge in [0.15, 0.2) is 5.16 Å². The van der Waals surface area contributed by atoms with Crippen molar-refractivity contribution in [3.63, 3.8) is 0 Å². The summed E-state index contributed by atoms with van der Waals surface area (Å²) in [6.45, 7) is 2.79. The van der Waals surface area contributed by atoms with Crippen molar-refractivity contribution in [2.45, 2.75) is 24.9 Å². The number of aromatic nitrogens is 2. The Kier molecular flexibility index (Phi) is 5.61. The van der Waals surface area contributed by atoms with Crippen molar-refractivity contribution in [1.29, 1.82) is 5.26 Å². The first-order valence-corrected chi connectivity index (χ1v) is 8.23. The van der Waals surface area contributed by atoms with Gasteiger partial charge in [-0.2, -0.15) is 5.26 Å². The molecule has 1 N–H and O–H groups in total. The summed E-state index contributed by atoms with van der Waals surface area (Å²) >= 11 is 1.33. The molecule has 0 aliphatic rings. The van der Waals surface area contributed by atoms with Crippen LogP contribution in [0, 0.1) is 11.3 Å². The van der Waals surface area contributed by atoms with E-state index in [1.807, 2.05) is 36.6 Å². The Morgan fingerprint density at radius 3 is 2.68 bits per heavy atom. The van der Waals surface area contributed by atoms with Crippen molar-refractivity contribution in [2.75, 3.05) is 12.9 Å². The molecular weight excluding hydrogens is 298 g/mol. The zero-order valence-corrected chi connectivity index (χ0v) is 13.4. The lowest BCUT2D eigenvalue weighted by Crippen LogP contribution is -2.14. The molecule has 0 saturated carbocycles. The van der Waals surface area contributed by atoms with E-state index >= 15 is 0 Å². The molecule has 114 valence electrons. The summed E-state index contributed by atoms with van der Waals surface area (Å²) in [6.07, 6.45) is 3.91. The summed E-state index contributed by atoms with van der Waals surface area (Å²) in [4.78, 5) is 18.8. The number of benzene rings is 1. The largest absolute Gasteiger partial charge is 0.494 e. The SMILES string of the molecule is CCCCOc1ccc(-c2nc(SC)[nH]c(=O)c2C#N)cc1. The van der Waals surface area contributed by atoms with Gasteiger partial charge in [-0.1, -0.05) is 25.1 Å². The molecule has 0 radical (unpaired) electrons. The first kappa shape index (κ1) is 16.1. The number of nitrogens with one attached hydrogen (secondary N) is 1. The second kappa shape index (κ2) is 7.66. The molecule has 0 aliphatic heterocycles. The van der Waals surface area contributed by atoms with Crippen LogP contribution in [-0.4, -0.2) is 22.8 Å². The van der Waals surface area contributed by atoms with Crippen molar-refractivity contribution in [3.05, 3.63) is 40.2 Å². The molecule has 0 unspecified atom stereocenters. The van der Waals surface area contributed by atoms with E-state index in [0.717, 1.165) is 24.2 Å². The number of H-pyrrole nitrogens is 1. The van der Waals surface area contributed by atoms with Gasteiger partial charge in [-0.05, 0) is 36.9 Å². The Bertz CT molecular complexity index is 733. The minimum Gasteiger partial charge on any atom is -0.494 e. The molecule has 1 heterocycles. The number of hydrogen-bond donors (Lipinski definition) is 1. The molecule has 0 aliphatic carbocycles. The molecule has 0 amide bonds. The summed E-state index contributed by atoms with van der Waals surface area (Å²) in [5.74, 6) is 0.769. The molecule has 5 nitrogen and oxygen atoms in total. The fourth-order valence-electron chi connectivity index (χ4n) is 1.91. The first-order valence-electron chi connectivity index (χ1n) is 7.01. The van der Waals surface area contributed by atoms with Gasteiger partial charge in [0.2, 0.25) is 0 Å². The van der Waals surface area contributed by atoms with Crippen LogP contribution in [0.25, 0.3) is 11.3 Å². The molecule has 2 rings (SSSR count). The maximum Gasteiger partial charge on any atom is 0.270 e. The van der Waals surface area contributed by atoms with E-state index in [0.29, 0.717) is 17.5 Å². The van der Waals surface area contributed by atoms with Crippen LogP contribution in [-0.2, 0) is 0 Å². The van der Waals surface area contributed by atoms with Crippen LogP contribution in [0.1, 0.15) is 25.3 Å². The minimum atomic E-state index is -0.417. The van der Waals surface area contributed by atoms with Gasteiger partial charge >= 0.3 is 0 Å². The van der Waals surface area contributed by atoms with E-state index in [4.69, 9.17) is 4.74 Å². The van der Waals surface area contributed by atoms with Gasteiger partial charge in [-0.3, -0.25) is 4.79 Å². The number of aromatic amines is 1. The normalized spacial score (nSPS) is 10.2. The van der Waals surface area contributed by atoms with E-state index in [2.05, 4.69) is 16.9 Å². The highest BCUT2D eigenvalue weighted by Gasteiger charge is 2.13. The highest BCUT2D eigenvalue weighted by molar-refractivity contribution is 7.98. The Morgan fingerprint density at radius 1 is 1.36 bits per heavy atom. The van der Waals surface area contributed by atoms with Crippen LogP contribution >= 0.6 is 11.8 Å². The predicted octanol–water partition coefficient (Wildman–Crippen LogP) is 3.21. The average Bonchev–Trinajstić information content (AvgIpc) is 2.55. The number of nitriles is 1. The van der Waals surface area contributed by atoms with Crippen molar-refractivity contribution in [2.24, 2.45) is 0 Å². The third-order valence-corrected chi connectivity index (χ3v) is 3.68. The summed E-state index contributed by atoms with van der Waals surface area (Å²) in [6, 6.07) is 9.20. The predicted molar refractivity (Wildman–Crippen MR) is 87.2 cm³/mol. The highest BCUT2D eigenvalue weighted by Crippen LogP contribution is 2.23. The fraction of sp³-hybridized carbons (Fsp3) is 0.312. The van der Waals surface area contributed by atoms with E-state index in [9.17, 15) is 10.1 Å². The Hall–Kier alpha value is -2.26. The van der Waals surface area contributed by atoms with E-state index in [-0.39, 0.29) is 5.56 Å². The number of unbranched alkanes of at least 4 members (excludes halogenated alkanes) is 1. The number of hydrogen-bond acceptors (Lipinski definition) is 5. The molecule has 0 spiro atoms. The quantitative estimate of drug-likeness (QED) is 0.503. The summed E-state index contributed by atoms with van der Waals surface area (Å²) in [7, 11) is 0. The smallest absolute Gasteiger partial charge is 0.270 e. The standard InChI is InChI=1S/C16H17N3O2S/c1-3-4-9-21-12-7-5-11(6-8-12)14-13(10-17)15(20)19-16(18-14)22-2/h5-8H,3-4,9H2,1-2H3,(H,18,19,20). The van der Waals surface area contributed by atoms with E-state index in [1.54, 1.807) is 0 Å². The van der Waals surface area contributed by atoms with Crippen LogP contribution in [0.2, 0.25) is 0 Å². The van der Waals surface area contributed by atoms with Crippen LogP contribution < -0.4 is 10.3 Å². The fourth-order valence-corrected chi connectivity index (χ4v) is 2.28. The van der Waals surface area contributed by atoms with Crippen LogP contribution in [0.15, 0.2) is 34.2 Å². The van der Waals surface area contributed by atoms with Gasteiger partial charge in [-0.25, -0.2) is 4.98 Å². The van der Waals surface area contributed by atoms with Crippen molar-refractivity contribution < 1.29 is 4.74 Å². The zero-order valence-electron chi connectivity index (χ0n) is 12.5. The molecular formula is C16H17N3O2S. The van der Waals surface area contributed by atoms with Crippen molar-refractivity contribution in [3.8, 4) is 23.1 Å². The summed E-state index contributed by atoms with van der Waals surface area (Å²) < 4.78 is 5.61. The summed E-state index contributed by atoms with van der Waals surface area (Å²) in [5, 5.41) is 9.67. The average molecular weight is 315 g/mol. The van der Waals surface area contributed by atoms with Crippen molar-refractivity contribution >= 4 is 11.8 Å². The molecule has 6 heteroatoms. The summed E-state index contributed by atoms with van der Waals surface area (Å²) in [5.41, 5.74) is 0.731. The number of ether oxygens (including phenoxy) is 1. The third kappa shape index (κ3) is 3.68. The van der Waals surface area contributed by atoms with E-state index < -0.39 is 5.56 Å². The third-order valence-electron chi connectivity index (χ3n) is 3.10. The Labute approximate surface area is 133 Å². The van der Waals surface area contributed by atoms with Gasteiger partial charge in [0.1, 0.15) is 17.4 Å². The topological polar surface area (TPSA) is 78.8 Å². The van der Waals surface area contributed by atoms with Gasteiger partial charge in [-0.15, -0.1) is 0 Å². The number of rotatable bonds is 6. The molecule has 2 aromatic rings. The van der Waals surface area contributed by atoms with Crippen LogP contribution in [0.3, 0.4) is 0 Å². The second-order valence-corrected chi connectivity index (χ2v) is 5.43. The molecule has 0 saturated heterocycles. The van der Waals surface area contributed by atoms with E-state index in [1.165, 1.54) is 11.8 Å². The van der Waals surface area contributed by atoms with Gasteiger partial charge in [0, 0.05) is 5.56 Å². The monoisotopic (exact) mass is 315 g/mol. The minimum absolute atomic E-state index is 0.0254. The van der Waals surface area contributed by atoms with Gasteiger partial charge in [0.25, 0.3) is 5.56 Å². The first-order chi connectivity index (χ1) is 10.7. The van der Waals surface area contributed by atoms with Crippen LogP contribution in [0.4, 0.5) is 0 Å². The lowest BCUT2D eigenvalue weighted by molar-refractivity contribution is 0.309. The molecule has 22 heavy (non-hydrogen) atoms. The molecule has 1 aromatic carbocycles. The molecule has 0 atom stereocenters. The molecule has 0 bridgehead atoms. The Balaban J connectivity index is 2.34. The maximum atomic E-state index is 11.9. The highest BCUT2D eigenvalue weighted by atomic mass is 32.2. The van der Waals surface area contributed by atoms with Gasteiger partial charge < -0.3 is 9.72 Å². The second-order valence-electron chi connectivity index (χ2n) is 4.64. The maximum absolute atomic E-state index is 11.9. The van der Waals surface area contributed by atoms with Crippen molar-refractivity contribution in [1.82, 2.24) is 9.97 Å². The van der Waals surface area contributed by atoms with Crippen LogP contribution in [0.5, 0.6) is 5.75 Å². The van der Waals surface area contributed by atoms with Gasteiger partial charge in [0.05, 0.1) is 12.3 Å². The lowest BCUT2D eigenvalue weighted by atomic mass is 10.1. The number of nitrogens with zero attached hydrogens (tertiary/aromatic N) is 2. The number of thioether (sulfide) groups is 1.